The third-order valence-electron chi connectivity index (χ3n) is 3.89. The van der Waals surface area contributed by atoms with Crippen molar-refractivity contribution >= 4 is 23.3 Å². The van der Waals surface area contributed by atoms with Gasteiger partial charge in [-0.05, 0) is 63.2 Å². The van der Waals surface area contributed by atoms with Crippen molar-refractivity contribution < 1.29 is 14.3 Å². The standard InChI is InChI=1S/C20H24N2O3/c1-4-22(5-2)18-12-10-15(11-13-18)19(23)21-17-9-7-8-16(14-17)20(24)25-6-3/h7-14H,4-6H2,1-3H3,(H,21,23). The van der Waals surface area contributed by atoms with Gasteiger partial charge in [0, 0.05) is 30.0 Å². The lowest BCUT2D eigenvalue weighted by molar-refractivity contribution is 0.0526. The van der Waals surface area contributed by atoms with Crippen LogP contribution >= 0.6 is 0 Å². The van der Waals surface area contributed by atoms with Crippen molar-refractivity contribution in [3.63, 3.8) is 0 Å². The zero-order valence-electron chi connectivity index (χ0n) is 14.9. The molecule has 0 aromatic heterocycles. The highest BCUT2D eigenvalue weighted by Gasteiger charge is 2.10. The molecule has 0 radical (unpaired) electrons. The fourth-order valence-electron chi connectivity index (χ4n) is 2.55. The summed E-state index contributed by atoms with van der Waals surface area (Å²) in [7, 11) is 0. The van der Waals surface area contributed by atoms with E-state index in [4.69, 9.17) is 4.74 Å². The van der Waals surface area contributed by atoms with E-state index in [2.05, 4.69) is 24.1 Å². The molecule has 1 amide bonds. The first-order valence-electron chi connectivity index (χ1n) is 8.52. The second kappa shape index (κ2) is 8.87. The molecule has 0 aliphatic rings. The van der Waals surface area contributed by atoms with E-state index in [0.29, 0.717) is 23.4 Å². The molecule has 0 bridgehead atoms. The summed E-state index contributed by atoms with van der Waals surface area (Å²) in [5.41, 5.74) is 2.63. The molecule has 0 spiro atoms. The summed E-state index contributed by atoms with van der Waals surface area (Å²) in [5.74, 6) is -0.616. The summed E-state index contributed by atoms with van der Waals surface area (Å²) in [6.07, 6.45) is 0. The number of rotatable bonds is 7. The number of ether oxygens (including phenoxy) is 1. The highest BCUT2D eigenvalue weighted by Crippen LogP contribution is 2.17. The Hall–Kier alpha value is -2.82. The van der Waals surface area contributed by atoms with E-state index < -0.39 is 5.97 Å². The molecule has 1 N–H and O–H groups in total. The Bertz CT molecular complexity index is 722. The molecule has 2 aromatic carbocycles. The van der Waals surface area contributed by atoms with Crippen LogP contribution in [-0.2, 0) is 4.74 Å². The summed E-state index contributed by atoms with van der Waals surface area (Å²) in [4.78, 5) is 26.4. The van der Waals surface area contributed by atoms with Crippen LogP contribution in [0.1, 0.15) is 41.5 Å². The van der Waals surface area contributed by atoms with Crippen molar-refractivity contribution in [2.45, 2.75) is 20.8 Å². The molecule has 2 rings (SSSR count). The molecule has 0 heterocycles. The third-order valence-corrected chi connectivity index (χ3v) is 3.89. The molecule has 5 heteroatoms. The van der Waals surface area contributed by atoms with Crippen molar-refractivity contribution in [1.29, 1.82) is 0 Å². The van der Waals surface area contributed by atoms with Gasteiger partial charge in [0.05, 0.1) is 12.2 Å². The fourth-order valence-corrected chi connectivity index (χ4v) is 2.55. The number of amides is 1. The van der Waals surface area contributed by atoms with Gasteiger partial charge in [-0.15, -0.1) is 0 Å². The van der Waals surface area contributed by atoms with Gasteiger partial charge < -0.3 is 15.0 Å². The number of nitrogens with one attached hydrogen (secondary N) is 1. The van der Waals surface area contributed by atoms with E-state index in [1.807, 2.05) is 12.1 Å². The molecule has 0 aliphatic heterocycles. The van der Waals surface area contributed by atoms with Crippen molar-refractivity contribution in [3.05, 3.63) is 59.7 Å². The monoisotopic (exact) mass is 340 g/mol. The minimum absolute atomic E-state index is 0.216. The molecule has 2 aromatic rings. The van der Waals surface area contributed by atoms with Crippen molar-refractivity contribution in [3.8, 4) is 0 Å². The molecule has 0 aliphatic carbocycles. The topological polar surface area (TPSA) is 58.6 Å². The van der Waals surface area contributed by atoms with Gasteiger partial charge in [-0.3, -0.25) is 4.79 Å². The minimum atomic E-state index is -0.401. The normalized spacial score (nSPS) is 10.2. The maximum absolute atomic E-state index is 12.4. The number of carbonyl (C=O) groups is 2. The first-order valence-corrected chi connectivity index (χ1v) is 8.52. The van der Waals surface area contributed by atoms with Gasteiger partial charge in [0.15, 0.2) is 0 Å². The van der Waals surface area contributed by atoms with Gasteiger partial charge in [0.25, 0.3) is 5.91 Å². The molecule has 0 saturated carbocycles. The smallest absolute Gasteiger partial charge is 0.338 e. The number of esters is 1. The average molecular weight is 340 g/mol. The molecular formula is C20H24N2O3. The summed E-state index contributed by atoms with van der Waals surface area (Å²) < 4.78 is 4.97. The van der Waals surface area contributed by atoms with Gasteiger partial charge in [0.1, 0.15) is 0 Å². The molecule has 132 valence electrons. The van der Waals surface area contributed by atoms with E-state index in [1.165, 1.54) is 0 Å². The van der Waals surface area contributed by atoms with Gasteiger partial charge >= 0.3 is 5.97 Å². The Morgan fingerprint density at radius 2 is 1.64 bits per heavy atom. The first-order chi connectivity index (χ1) is 12.1. The summed E-state index contributed by atoms with van der Waals surface area (Å²) in [5, 5.41) is 2.81. The average Bonchev–Trinajstić information content (AvgIpc) is 2.63. The van der Waals surface area contributed by atoms with Crippen LogP contribution in [0.4, 0.5) is 11.4 Å². The molecule has 0 fully saturated rings. The van der Waals surface area contributed by atoms with Gasteiger partial charge in [-0.1, -0.05) is 6.07 Å². The lowest BCUT2D eigenvalue weighted by Gasteiger charge is -2.21. The predicted molar refractivity (Wildman–Crippen MR) is 100 cm³/mol. The lowest BCUT2D eigenvalue weighted by Crippen LogP contribution is -2.21. The number of anilines is 2. The minimum Gasteiger partial charge on any atom is -0.462 e. The number of nitrogens with zero attached hydrogens (tertiary/aromatic N) is 1. The molecular weight excluding hydrogens is 316 g/mol. The summed E-state index contributed by atoms with van der Waals surface area (Å²) in [6.45, 7) is 8.10. The van der Waals surface area contributed by atoms with Crippen LogP contribution in [0.5, 0.6) is 0 Å². The van der Waals surface area contributed by atoms with E-state index in [9.17, 15) is 9.59 Å². The van der Waals surface area contributed by atoms with Crippen LogP contribution in [0.25, 0.3) is 0 Å². The molecule has 25 heavy (non-hydrogen) atoms. The lowest BCUT2D eigenvalue weighted by atomic mass is 10.1. The van der Waals surface area contributed by atoms with E-state index in [1.54, 1.807) is 43.3 Å². The van der Waals surface area contributed by atoms with Crippen LogP contribution < -0.4 is 10.2 Å². The first kappa shape index (κ1) is 18.5. The van der Waals surface area contributed by atoms with Crippen LogP contribution in [0.2, 0.25) is 0 Å². The fraction of sp³-hybridized carbons (Fsp3) is 0.300. The zero-order chi connectivity index (χ0) is 18.2. The highest BCUT2D eigenvalue weighted by molar-refractivity contribution is 6.05. The Balaban J connectivity index is 2.09. The number of benzene rings is 2. The third kappa shape index (κ3) is 4.83. The Morgan fingerprint density at radius 1 is 0.960 bits per heavy atom. The van der Waals surface area contributed by atoms with Crippen LogP contribution in [-0.4, -0.2) is 31.6 Å². The SMILES string of the molecule is CCOC(=O)c1cccc(NC(=O)c2ccc(N(CC)CC)cc2)c1. The quantitative estimate of drug-likeness (QED) is 0.775. The maximum Gasteiger partial charge on any atom is 0.338 e. The molecule has 0 atom stereocenters. The van der Waals surface area contributed by atoms with Crippen molar-refractivity contribution in [2.75, 3.05) is 29.9 Å². The molecule has 0 saturated heterocycles. The Labute approximate surface area is 148 Å². The predicted octanol–water partition coefficient (Wildman–Crippen LogP) is 3.96. The van der Waals surface area contributed by atoms with Crippen molar-refractivity contribution in [2.24, 2.45) is 0 Å². The second-order valence-electron chi connectivity index (χ2n) is 5.47. The molecule has 5 nitrogen and oxygen atoms in total. The van der Waals surface area contributed by atoms with Gasteiger partial charge in [-0.25, -0.2) is 4.79 Å². The van der Waals surface area contributed by atoms with Gasteiger partial charge in [-0.2, -0.15) is 0 Å². The zero-order valence-corrected chi connectivity index (χ0v) is 14.9. The number of hydrogen-bond donors (Lipinski definition) is 1. The number of hydrogen-bond acceptors (Lipinski definition) is 4. The Kier molecular flexibility index (Phi) is 6.57. The maximum atomic E-state index is 12.4. The van der Waals surface area contributed by atoms with E-state index in [0.717, 1.165) is 18.8 Å². The van der Waals surface area contributed by atoms with Crippen LogP contribution in [0.3, 0.4) is 0 Å². The van der Waals surface area contributed by atoms with Crippen LogP contribution in [0, 0.1) is 0 Å². The van der Waals surface area contributed by atoms with Gasteiger partial charge in [0.2, 0.25) is 0 Å². The molecule has 0 unspecified atom stereocenters. The van der Waals surface area contributed by atoms with Crippen LogP contribution in [0.15, 0.2) is 48.5 Å². The van der Waals surface area contributed by atoms with Crippen molar-refractivity contribution in [1.82, 2.24) is 0 Å². The largest absolute Gasteiger partial charge is 0.462 e. The summed E-state index contributed by atoms with van der Waals surface area (Å²) >= 11 is 0. The Morgan fingerprint density at radius 3 is 2.24 bits per heavy atom. The van der Waals surface area contributed by atoms with E-state index >= 15 is 0 Å². The van der Waals surface area contributed by atoms with E-state index in [-0.39, 0.29) is 5.91 Å². The highest BCUT2D eigenvalue weighted by atomic mass is 16.5. The number of carbonyl (C=O) groups excluding carboxylic acids is 2. The summed E-state index contributed by atoms with van der Waals surface area (Å²) in [6, 6.07) is 14.2. The second-order valence-corrected chi connectivity index (χ2v) is 5.47.